The summed E-state index contributed by atoms with van der Waals surface area (Å²) in [5.74, 6) is 1.93. The van der Waals surface area contributed by atoms with Gasteiger partial charge in [-0.1, -0.05) is 12.1 Å². The van der Waals surface area contributed by atoms with Gasteiger partial charge in [0.2, 0.25) is 11.9 Å². The fourth-order valence-corrected chi connectivity index (χ4v) is 4.14. The fourth-order valence-electron chi connectivity index (χ4n) is 4.14. The first-order chi connectivity index (χ1) is 13.5. The van der Waals surface area contributed by atoms with Crippen LogP contribution in [0.2, 0.25) is 0 Å². The first kappa shape index (κ1) is 17.1. The Labute approximate surface area is 164 Å². The van der Waals surface area contributed by atoms with E-state index in [1.54, 1.807) is 0 Å². The molecule has 1 spiro atoms. The number of nitrogens with zero attached hydrogens (tertiary/aromatic N) is 6. The van der Waals surface area contributed by atoms with Crippen LogP contribution in [0, 0.1) is 13.8 Å². The minimum absolute atomic E-state index is 0.257. The summed E-state index contributed by atoms with van der Waals surface area (Å²) in [6.07, 6.45) is 1.93. The van der Waals surface area contributed by atoms with Crippen molar-refractivity contribution in [2.24, 2.45) is 0 Å². The van der Waals surface area contributed by atoms with Crippen LogP contribution in [0.3, 0.4) is 0 Å². The minimum Gasteiger partial charge on any atom is -0.360 e. The molecular formula is C20H24N8. The Morgan fingerprint density at radius 1 is 1.00 bits per heavy atom. The molecule has 0 unspecified atom stereocenters. The van der Waals surface area contributed by atoms with Crippen LogP contribution in [0.1, 0.15) is 24.2 Å². The van der Waals surface area contributed by atoms with Gasteiger partial charge in [0.1, 0.15) is 5.66 Å². The van der Waals surface area contributed by atoms with Crippen molar-refractivity contribution in [1.29, 1.82) is 0 Å². The van der Waals surface area contributed by atoms with Crippen molar-refractivity contribution >= 4 is 17.6 Å². The Morgan fingerprint density at radius 2 is 1.71 bits per heavy atom. The third-order valence-electron chi connectivity index (χ3n) is 5.57. The van der Waals surface area contributed by atoms with Gasteiger partial charge in [-0.05, 0) is 39.1 Å². The summed E-state index contributed by atoms with van der Waals surface area (Å²) >= 11 is 0. The third-order valence-corrected chi connectivity index (χ3v) is 5.57. The normalized spacial score (nSPS) is 17.7. The highest BCUT2D eigenvalue weighted by Gasteiger charge is 2.42. The lowest BCUT2D eigenvalue weighted by Gasteiger charge is -2.44. The molecule has 28 heavy (non-hydrogen) atoms. The molecule has 1 aromatic carbocycles. The molecule has 0 atom stereocenters. The molecule has 1 saturated heterocycles. The Bertz CT molecular complexity index is 1010. The molecular weight excluding hydrogens is 352 g/mol. The van der Waals surface area contributed by atoms with E-state index in [2.05, 4.69) is 55.4 Å². The summed E-state index contributed by atoms with van der Waals surface area (Å²) in [7, 11) is 2.16. The van der Waals surface area contributed by atoms with Crippen LogP contribution in [0.15, 0.2) is 30.3 Å². The summed E-state index contributed by atoms with van der Waals surface area (Å²) in [6, 6.07) is 10.2. The van der Waals surface area contributed by atoms with Gasteiger partial charge in [-0.2, -0.15) is 4.98 Å². The van der Waals surface area contributed by atoms with Crippen LogP contribution in [-0.2, 0) is 5.66 Å². The number of rotatable bonds is 2. The number of para-hydroxylation sites is 1. The number of hydrogen-bond donors (Lipinski definition) is 2. The van der Waals surface area contributed by atoms with Crippen LogP contribution >= 0.6 is 0 Å². The number of aromatic nitrogens is 5. The van der Waals surface area contributed by atoms with E-state index in [1.165, 1.54) is 0 Å². The van der Waals surface area contributed by atoms with Crippen LogP contribution < -0.4 is 10.6 Å². The lowest BCUT2D eigenvalue weighted by atomic mass is 9.93. The number of benzene rings is 1. The summed E-state index contributed by atoms with van der Waals surface area (Å²) in [6.45, 7) is 5.94. The standard InChI is InChI=1S/C20H24N8/c1-13-12-14(2)22-18(21-13)24-19-23-17-15-6-4-5-7-16(15)25-20(28(17)26-19)8-10-27(3)11-9-20/h4-7,12,25H,8-11H2,1-3H3,(H,21,22,24,26). The van der Waals surface area contributed by atoms with E-state index in [1.807, 2.05) is 26.0 Å². The molecule has 0 bridgehead atoms. The first-order valence-electron chi connectivity index (χ1n) is 9.65. The van der Waals surface area contributed by atoms with E-state index in [0.29, 0.717) is 11.9 Å². The predicted octanol–water partition coefficient (Wildman–Crippen LogP) is 2.90. The lowest BCUT2D eigenvalue weighted by Crippen LogP contribution is -2.52. The molecule has 8 heteroatoms. The van der Waals surface area contributed by atoms with Gasteiger partial charge in [0, 0.05) is 48.6 Å². The Hall–Kier alpha value is -3.00. The van der Waals surface area contributed by atoms with Crippen LogP contribution in [-0.4, -0.2) is 49.8 Å². The number of hydrogen-bond acceptors (Lipinski definition) is 7. The maximum atomic E-state index is 4.84. The van der Waals surface area contributed by atoms with Crippen molar-refractivity contribution in [3.05, 3.63) is 41.7 Å². The molecule has 0 saturated carbocycles. The average molecular weight is 376 g/mol. The molecule has 1 fully saturated rings. The van der Waals surface area contributed by atoms with Gasteiger partial charge in [-0.3, -0.25) is 5.32 Å². The third kappa shape index (κ3) is 2.80. The molecule has 2 N–H and O–H groups in total. The molecule has 2 aromatic heterocycles. The first-order valence-corrected chi connectivity index (χ1v) is 9.65. The van der Waals surface area contributed by atoms with Crippen molar-refractivity contribution in [1.82, 2.24) is 29.6 Å². The van der Waals surface area contributed by atoms with E-state index in [0.717, 1.165) is 54.4 Å². The fraction of sp³-hybridized carbons (Fsp3) is 0.400. The van der Waals surface area contributed by atoms with Gasteiger partial charge in [-0.25, -0.2) is 14.6 Å². The average Bonchev–Trinajstić information content (AvgIpc) is 3.08. The highest BCUT2D eigenvalue weighted by molar-refractivity contribution is 5.77. The second kappa shape index (κ2) is 6.27. The molecule has 2 aliphatic rings. The molecule has 0 radical (unpaired) electrons. The number of fused-ring (bicyclic) bond motifs is 4. The van der Waals surface area contributed by atoms with Crippen molar-refractivity contribution in [3.8, 4) is 11.4 Å². The van der Waals surface area contributed by atoms with Crippen LogP contribution in [0.5, 0.6) is 0 Å². The summed E-state index contributed by atoms with van der Waals surface area (Å²) in [4.78, 5) is 16.1. The Kier molecular flexibility index (Phi) is 3.83. The zero-order valence-electron chi connectivity index (χ0n) is 16.4. The lowest BCUT2D eigenvalue weighted by molar-refractivity contribution is 0.140. The molecule has 144 valence electrons. The zero-order valence-corrected chi connectivity index (χ0v) is 16.4. The smallest absolute Gasteiger partial charge is 0.249 e. The number of likely N-dealkylation sites (tertiary alicyclic amines) is 1. The SMILES string of the molecule is Cc1cc(C)nc(Nc2nc3n(n2)C2(CCN(C)CC2)Nc2ccccc2-3)n1. The highest BCUT2D eigenvalue weighted by Crippen LogP contribution is 2.42. The van der Waals surface area contributed by atoms with Crippen LogP contribution in [0.25, 0.3) is 11.4 Å². The second-order valence-corrected chi connectivity index (χ2v) is 7.78. The van der Waals surface area contributed by atoms with E-state index >= 15 is 0 Å². The number of aryl methyl sites for hydroxylation is 2. The van der Waals surface area contributed by atoms with Crippen molar-refractivity contribution in [3.63, 3.8) is 0 Å². The van der Waals surface area contributed by atoms with Gasteiger partial charge in [0.15, 0.2) is 5.82 Å². The monoisotopic (exact) mass is 376 g/mol. The van der Waals surface area contributed by atoms with Crippen molar-refractivity contribution in [2.45, 2.75) is 32.4 Å². The summed E-state index contributed by atoms with van der Waals surface area (Å²) in [5, 5.41) is 11.8. The van der Waals surface area contributed by atoms with Gasteiger partial charge in [-0.15, -0.1) is 5.10 Å². The minimum atomic E-state index is -0.257. The largest absolute Gasteiger partial charge is 0.360 e. The Balaban J connectivity index is 1.58. The van der Waals surface area contributed by atoms with Crippen molar-refractivity contribution in [2.75, 3.05) is 30.8 Å². The molecule has 5 rings (SSSR count). The molecule has 0 aliphatic carbocycles. The molecule has 4 heterocycles. The molecule has 8 nitrogen and oxygen atoms in total. The van der Waals surface area contributed by atoms with Crippen molar-refractivity contribution < 1.29 is 0 Å². The zero-order chi connectivity index (χ0) is 19.3. The van der Waals surface area contributed by atoms with Gasteiger partial charge < -0.3 is 10.2 Å². The topological polar surface area (TPSA) is 83.8 Å². The van der Waals surface area contributed by atoms with Gasteiger partial charge in [0.05, 0.1) is 0 Å². The molecule has 3 aromatic rings. The maximum Gasteiger partial charge on any atom is 0.249 e. The quantitative estimate of drug-likeness (QED) is 0.711. The van der Waals surface area contributed by atoms with Crippen LogP contribution in [0.4, 0.5) is 17.6 Å². The molecule has 0 amide bonds. The van der Waals surface area contributed by atoms with E-state index in [-0.39, 0.29) is 5.66 Å². The second-order valence-electron chi connectivity index (χ2n) is 7.78. The van der Waals surface area contributed by atoms with E-state index in [9.17, 15) is 0 Å². The van der Waals surface area contributed by atoms with Gasteiger partial charge >= 0.3 is 0 Å². The summed E-state index contributed by atoms with van der Waals surface area (Å²) in [5.41, 5.74) is 3.75. The number of nitrogens with one attached hydrogen (secondary N) is 2. The number of anilines is 3. The summed E-state index contributed by atoms with van der Waals surface area (Å²) < 4.78 is 2.06. The maximum absolute atomic E-state index is 4.84. The number of piperidine rings is 1. The van der Waals surface area contributed by atoms with E-state index < -0.39 is 0 Å². The predicted molar refractivity (Wildman–Crippen MR) is 109 cm³/mol. The molecule has 2 aliphatic heterocycles. The van der Waals surface area contributed by atoms with E-state index in [4.69, 9.17) is 10.1 Å². The Morgan fingerprint density at radius 3 is 2.46 bits per heavy atom. The highest BCUT2D eigenvalue weighted by atomic mass is 15.5. The van der Waals surface area contributed by atoms with Gasteiger partial charge in [0.25, 0.3) is 0 Å².